The van der Waals surface area contributed by atoms with Gasteiger partial charge in [0.2, 0.25) is 0 Å². The van der Waals surface area contributed by atoms with Crippen molar-refractivity contribution < 1.29 is 25.7 Å². The van der Waals surface area contributed by atoms with E-state index in [1.807, 2.05) is 6.07 Å². The van der Waals surface area contributed by atoms with E-state index < -0.39 is 4.92 Å². The Kier molecular flexibility index (Phi) is 12.4. The van der Waals surface area contributed by atoms with Gasteiger partial charge in [0.25, 0.3) is 5.69 Å². The number of nitro benzene ring substituents is 1. The van der Waals surface area contributed by atoms with E-state index in [9.17, 15) is 15.2 Å². The maximum absolute atomic E-state index is 10.6. The molecule has 0 saturated carbocycles. The minimum atomic E-state index is -0.473. The Hall–Kier alpha value is -4.75. The molecule has 0 amide bonds. The van der Waals surface area contributed by atoms with Crippen molar-refractivity contribution in [1.29, 1.82) is 0 Å². The number of aryl methyl sites for hydroxylation is 3. The summed E-state index contributed by atoms with van der Waals surface area (Å²) in [6.07, 6.45) is 3.71. The van der Waals surface area contributed by atoms with Crippen molar-refractivity contribution >= 4 is 42.6 Å². The predicted octanol–water partition coefficient (Wildman–Crippen LogP) is 9.08. The van der Waals surface area contributed by atoms with Gasteiger partial charge in [-0.2, -0.15) is 6.67 Å². The number of benzene rings is 5. The second-order valence-corrected chi connectivity index (χ2v) is 13.5. The predicted molar refractivity (Wildman–Crippen MR) is 199 cm³/mol. The van der Waals surface area contributed by atoms with Crippen LogP contribution in [-0.4, -0.2) is 33.4 Å². The quantitative estimate of drug-likeness (QED) is 0.0614. The number of phenols is 1. The molecular formula is C40H37ClN4O3Ru-. The number of non-ortho nitro benzene ring substituents is 1. The van der Waals surface area contributed by atoms with Crippen molar-refractivity contribution in [3.05, 3.63) is 177 Å². The van der Waals surface area contributed by atoms with Crippen LogP contribution in [-0.2, 0) is 15.7 Å². The molecule has 9 heteroatoms. The maximum atomic E-state index is 10.6. The summed E-state index contributed by atoms with van der Waals surface area (Å²) < 4.78 is 1.30. The van der Waals surface area contributed by atoms with Crippen LogP contribution in [0.3, 0.4) is 0 Å². The summed E-state index contributed by atoms with van der Waals surface area (Å²) in [6.45, 7) is 10.7. The molecule has 7 nitrogen and oxygen atoms in total. The molecule has 251 valence electrons. The number of anilines is 1. The van der Waals surface area contributed by atoms with Crippen molar-refractivity contribution in [3.8, 4) is 5.75 Å². The zero-order chi connectivity index (χ0) is 34.8. The molecule has 1 aliphatic heterocycles. The molecule has 0 bridgehead atoms. The van der Waals surface area contributed by atoms with Crippen LogP contribution in [0.25, 0.3) is 5.57 Å². The average molecular weight is 758 g/mol. The van der Waals surface area contributed by atoms with Gasteiger partial charge in [-0.1, -0.05) is 35.9 Å². The molecule has 0 aromatic heterocycles. The standard InChI is InChI=1S/C15H10.C13H10N2O3.C12H17N2.ClH.Ru/c1-2-6-12(7-3-1)15-11-10-13-8-4-5-9-14(13)15;16-13-7-2-1-4-10(13)9-14-11-5-3-6-12(8-11)15(17)18;1-9-6-10(2)12(11(3)7-9)14-5-4-13-8-14;;/h1-9,11H;1-9,16H;6-8,13H,4-5H2,1-3H3;1H;/q;;-1;;+1/p-1. The van der Waals surface area contributed by atoms with Crippen LogP contribution < -0.4 is 10.2 Å². The van der Waals surface area contributed by atoms with Crippen LogP contribution in [0.1, 0.15) is 38.9 Å². The summed E-state index contributed by atoms with van der Waals surface area (Å²) in [4.78, 5) is 16.5. The van der Waals surface area contributed by atoms with E-state index in [1.165, 1.54) is 67.1 Å². The summed E-state index contributed by atoms with van der Waals surface area (Å²) in [5, 5.41) is 23.4. The summed E-state index contributed by atoms with van der Waals surface area (Å²) in [7, 11) is 6.10. The Balaban J connectivity index is 0.000000144. The van der Waals surface area contributed by atoms with Gasteiger partial charge in [0.05, 0.1) is 10.6 Å². The Morgan fingerprint density at radius 2 is 1.57 bits per heavy atom. The fourth-order valence-electron chi connectivity index (χ4n) is 5.77. The Morgan fingerprint density at radius 1 is 0.898 bits per heavy atom. The summed E-state index contributed by atoms with van der Waals surface area (Å²) >= 11 is -0.218. The van der Waals surface area contributed by atoms with Gasteiger partial charge in [-0.05, 0) is 63.2 Å². The zero-order valence-electron chi connectivity index (χ0n) is 27.5. The molecule has 49 heavy (non-hydrogen) atoms. The third-order valence-corrected chi connectivity index (χ3v) is 9.81. The number of rotatable bonds is 5. The Labute approximate surface area is 298 Å². The van der Waals surface area contributed by atoms with Gasteiger partial charge in [-0.15, -0.1) is 0 Å². The van der Waals surface area contributed by atoms with Crippen molar-refractivity contribution in [2.45, 2.75) is 20.8 Å². The Morgan fingerprint density at radius 3 is 2.22 bits per heavy atom. The average Bonchev–Trinajstić information content (AvgIpc) is 3.77. The van der Waals surface area contributed by atoms with Gasteiger partial charge in [-0.3, -0.25) is 15.1 Å². The fourth-order valence-corrected chi connectivity index (χ4v) is 7.32. The van der Waals surface area contributed by atoms with Crippen molar-refractivity contribution in [2.24, 2.45) is 4.99 Å². The molecule has 7 rings (SSSR count). The first-order valence-electron chi connectivity index (χ1n) is 15.7. The van der Waals surface area contributed by atoms with E-state index in [1.54, 1.807) is 36.4 Å². The molecule has 1 fully saturated rings. The SMILES string of the molecule is Cc1cc(C)c(N2[CH-]NCC2)c(C)c1.O=[N+]([O-])c1cccc(N=Cc2ccccc2O)c1.[Cl][Ru]=[C]1C=C(c2ccccc2)c2ccccc21. The van der Waals surface area contributed by atoms with Crippen LogP contribution in [0.2, 0.25) is 0 Å². The van der Waals surface area contributed by atoms with Gasteiger partial charge in [-0.25, -0.2) is 0 Å². The number of allylic oxidation sites excluding steroid dienone is 1. The number of nitrogens with one attached hydrogen (secondary N) is 1. The molecule has 2 aliphatic rings. The van der Waals surface area contributed by atoms with Crippen molar-refractivity contribution in [3.63, 3.8) is 0 Å². The second kappa shape index (κ2) is 17.1. The number of para-hydroxylation sites is 1. The number of hydrogen-bond acceptors (Lipinski definition) is 6. The first kappa shape index (κ1) is 35.6. The van der Waals surface area contributed by atoms with Gasteiger partial charge in [0, 0.05) is 29.6 Å². The number of phenolic OH excluding ortho intramolecular Hbond substituents is 1. The van der Waals surface area contributed by atoms with Gasteiger partial charge >= 0.3 is 112 Å². The molecule has 5 aromatic rings. The van der Waals surface area contributed by atoms with Crippen LogP contribution in [0, 0.1) is 37.6 Å². The molecule has 0 unspecified atom stereocenters. The van der Waals surface area contributed by atoms with Gasteiger partial charge in [0.1, 0.15) is 5.75 Å². The number of fused-ring (bicyclic) bond motifs is 1. The van der Waals surface area contributed by atoms with Crippen molar-refractivity contribution in [2.75, 3.05) is 18.0 Å². The van der Waals surface area contributed by atoms with E-state index in [-0.39, 0.29) is 27.1 Å². The number of aromatic hydroxyl groups is 1. The minimum absolute atomic E-state index is 0.0121. The molecule has 2 N–H and O–H groups in total. The molecule has 0 atom stereocenters. The monoisotopic (exact) mass is 758 g/mol. The normalized spacial score (nSPS) is 14.2. The fraction of sp³-hybridized carbons (Fsp3) is 0.125. The summed E-state index contributed by atoms with van der Waals surface area (Å²) in [6, 6.07) is 36.2. The summed E-state index contributed by atoms with van der Waals surface area (Å²) in [5.74, 6) is 0.117. The number of hydrogen-bond donors (Lipinski definition) is 2. The van der Waals surface area contributed by atoms with Crippen LogP contribution in [0.15, 0.2) is 126 Å². The topological polar surface area (TPSA) is 91.0 Å². The van der Waals surface area contributed by atoms with E-state index in [4.69, 9.17) is 9.69 Å². The second-order valence-electron chi connectivity index (χ2n) is 11.5. The molecule has 0 radical (unpaired) electrons. The molecule has 5 aromatic carbocycles. The van der Waals surface area contributed by atoms with Gasteiger partial charge < -0.3 is 15.3 Å². The first-order valence-corrected chi connectivity index (χ1v) is 18.8. The molecule has 1 heterocycles. The number of nitrogens with zero attached hydrogens (tertiary/aromatic N) is 3. The van der Waals surface area contributed by atoms with E-state index >= 15 is 0 Å². The molecule has 1 saturated heterocycles. The third kappa shape index (κ3) is 9.24. The Bertz CT molecular complexity index is 2000. The number of halogens is 1. The van der Waals surface area contributed by atoms with Crippen LogP contribution in [0.4, 0.5) is 17.1 Å². The van der Waals surface area contributed by atoms with Crippen molar-refractivity contribution in [1.82, 2.24) is 5.32 Å². The van der Waals surface area contributed by atoms with E-state index in [0.717, 1.165) is 13.1 Å². The van der Waals surface area contributed by atoms with Crippen LogP contribution >= 0.6 is 9.69 Å². The zero-order valence-corrected chi connectivity index (χ0v) is 29.9. The van der Waals surface area contributed by atoms with Crippen LogP contribution in [0.5, 0.6) is 5.75 Å². The third-order valence-electron chi connectivity index (χ3n) is 7.89. The molecule has 0 spiro atoms. The first-order chi connectivity index (χ1) is 23.7. The van der Waals surface area contributed by atoms with E-state index in [0.29, 0.717) is 11.3 Å². The number of aliphatic imine (C=N–C) groups is 1. The van der Waals surface area contributed by atoms with Gasteiger partial charge in [0.15, 0.2) is 0 Å². The number of nitro groups is 1. The molecule has 1 aliphatic carbocycles. The molecular weight excluding hydrogens is 721 g/mol. The van der Waals surface area contributed by atoms with E-state index in [2.05, 4.69) is 109 Å². The summed E-state index contributed by atoms with van der Waals surface area (Å²) in [5.41, 5.74) is 11.6.